The Morgan fingerprint density at radius 3 is 2.45 bits per heavy atom. The Balaban J connectivity index is 2.54. The average Bonchev–Trinajstić information content (AvgIpc) is 2.32. The van der Waals surface area contributed by atoms with E-state index in [0.717, 1.165) is 5.69 Å². The molecule has 0 bridgehead atoms. The summed E-state index contributed by atoms with van der Waals surface area (Å²) in [4.78, 5) is 30.3. The van der Waals surface area contributed by atoms with E-state index >= 15 is 0 Å². The van der Waals surface area contributed by atoms with Crippen molar-refractivity contribution in [1.82, 2.24) is 20.6 Å². The lowest BCUT2D eigenvalue weighted by atomic mass is 10.1. The van der Waals surface area contributed by atoms with E-state index in [0.29, 0.717) is 24.5 Å². The molecule has 6 nitrogen and oxygen atoms in total. The van der Waals surface area contributed by atoms with Crippen molar-refractivity contribution >= 4 is 5.91 Å². The number of hydrogen-bond donors (Lipinski definition) is 3. The zero-order valence-electron chi connectivity index (χ0n) is 12.8. The minimum absolute atomic E-state index is 0.0150. The quantitative estimate of drug-likeness (QED) is 0.673. The second-order valence-electron chi connectivity index (χ2n) is 5.27. The van der Waals surface area contributed by atoms with Crippen molar-refractivity contribution in [3.05, 3.63) is 27.4 Å². The van der Waals surface area contributed by atoms with Crippen molar-refractivity contribution in [2.24, 2.45) is 5.92 Å². The van der Waals surface area contributed by atoms with Crippen LogP contribution in [0.15, 0.2) is 4.79 Å². The second kappa shape index (κ2) is 7.19. The van der Waals surface area contributed by atoms with Gasteiger partial charge in [0.2, 0.25) is 5.91 Å². The molecule has 0 aliphatic heterocycles. The maximum atomic E-state index is 11.9. The third kappa shape index (κ3) is 4.45. The van der Waals surface area contributed by atoms with Crippen molar-refractivity contribution in [1.29, 1.82) is 0 Å². The molecular weight excluding hydrogens is 256 g/mol. The van der Waals surface area contributed by atoms with E-state index in [1.807, 2.05) is 27.7 Å². The van der Waals surface area contributed by atoms with Crippen molar-refractivity contribution in [3.63, 3.8) is 0 Å². The predicted molar refractivity (Wildman–Crippen MR) is 78.6 cm³/mol. The van der Waals surface area contributed by atoms with E-state index in [-0.39, 0.29) is 23.4 Å². The molecule has 6 heteroatoms. The van der Waals surface area contributed by atoms with Crippen LogP contribution in [0.4, 0.5) is 0 Å². The van der Waals surface area contributed by atoms with Crippen molar-refractivity contribution in [2.75, 3.05) is 13.1 Å². The minimum atomic E-state index is -0.110. The number of aryl methyl sites for hydroxylation is 2. The lowest BCUT2D eigenvalue weighted by molar-refractivity contribution is -0.123. The fourth-order valence-electron chi connectivity index (χ4n) is 2.03. The topological polar surface area (TPSA) is 86.9 Å². The SMILES string of the molecule is Cc1nc(C)c(C(C)NCCNC(=O)C(C)C)c(=O)[nH]1. The maximum absolute atomic E-state index is 11.9. The minimum Gasteiger partial charge on any atom is -0.355 e. The van der Waals surface area contributed by atoms with E-state index in [9.17, 15) is 9.59 Å². The van der Waals surface area contributed by atoms with Gasteiger partial charge in [-0.15, -0.1) is 0 Å². The van der Waals surface area contributed by atoms with Crippen molar-refractivity contribution in [2.45, 2.75) is 40.7 Å². The highest BCUT2D eigenvalue weighted by Crippen LogP contribution is 2.09. The van der Waals surface area contributed by atoms with Gasteiger partial charge in [-0.05, 0) is 20.8 Å². The van der Waals surface area contributed by atoms with Crippen LogP contribution in [0.3, 0.4) is 0 Å². The third-order valence-corrected chi connectivity index (χ3v) is 3.10. The summed E-state index contributed by atoms with van der Waals surface area (Å²) in [6.07, 6.45) is 0. The normalized spacial score (nSPS) is 12.5. The first-order chi connectivity index (χ1) is 9.32. The van der Waals surface area contributed by atoms with Crippen LogP contribution >= 0.6 is 0 Å². The standard InChI is InChI=1S/C14H24N4O2/c1-8(2)13(19)16-7-6-15-9(3)12-10(4)17-11(5)18-14(12)20/h8-9,15H,6-7H2,1-5H3,(H,16,19)(H,17,18,20). The lowest BCUT2D eigenvalue weighted by Gasteiger charge is -2.16. The highest BCUT2D eigenvalue weighted by Gasteiger charge is 2.14. The number of aromatic amines is 1. The molecule has 0 saturated carbocycles. The van der Waals surface area contributed by atoms with Gasteiger partial charge in [0.25, 0.3) is 5.56 Å². The molecule has 1 aromatic heterocycles. The smallest absolute Gasteiger partial charge is 0.255 e. The van der Waals surface area contributed by atoms with Crippen molar-refractivity contribution < 1.29 is 4.79 Å². The molecule has 112 valence electrons. The molecule has 1 unspecified atom stereocenters. The van der Waals surface area contributed by atoms with E-state index in [1.165, 1.54) is 0 Å². The number of nitrogens with zero attached hydrogens (tertiary/aromatic N) is 1. The van der Waals surface area contributed by atoms with Crippen LogP contribution in [-0.4, -0.2) is 29.0 Å². The fraction of sp³-hybridized carbons (Fsp3) is 0.643. The van der Waals surface area contributed by atoms with Crippen LogP contribution in [0.25, 0.3) is 0 Å². The molecule has 1 amide bonds. The van der Waals surface area contributed by atoms with Gasteiger partial charge in [0.15, 0.2) is 0 Å². The van der Waals surface area contributed by atoms with Crippen LogP contribution < -0.4 is 16.2 Å². The van der Waals surface area contributed by atoms with Crippen LogP contribution in [0.1, 0.15) is 43.9 Å². The Labute approximate surface area is 119 Å². The molecule has 1 rings (SSSR count). The zero-order chi connectivity index (χ0) is 15.3. The summed E-state index contributed by atoms with van der Waals surface area (Å²) in [5, 5.41) is 6.04. The first kappa shape index (κ1) is 16.4. The molecule has 1 heterocycles. The summed E-state index contributed by atoms with van der Waals surface area (Å²) in [6, 6.07) is -0.109. The molecule has 0 fully saturated rings. The van der Waals surface area contributed by atoms with Gasteiger partial charge >= 0.3 is 0 Å². The third-order valence-electron chi connectivity index (χ3n) is 3.10. The highest BCUT2D eigenvalue weighted by molar-refractivity contribution is 5.77. The molecule has 0 spiro atoms. The van der Waals surface area contributed by atoms with Gasteiger partial charge in [-0.3, -0.25) is 9.59 Å². The van der Waals surface area contributed by atoms with Crippen LogP contribution in [0, 0.1) is 19.8 Å². The summed E-state index contributed by atoms with van der Waals surface area (Å²) in [7, 11) is 0. The van der Waals surface area contributed by atoms with Gasteiger partial charge in [-0.2, -0.15) is 0 Å². The van der Waals surface area contributed by atoms with E-state index in [2.05, 4.69) is 20.6 Å². The zero-order valence-corrected chi connectivity index (χ0v) is 12.8. The van der Waals surface area contributed by atoms with E-state index in [4.69, 9.17) is 0 Å². The van der Waals surface area contributed by atoms with Gasteiger partial charge in [0.1, 0.15) is 5.82 Å². The highest BCUT2D eigenvalue weighted by atomic mass is 16.1. The van der Waals surface area contributed by atoms with Gasteiger partial charge < -0.3 is 15.6 Å². The Morgan fingerprint density at radius 2 is 1.90 bits per heavy atom. The molecular formula is C14H24N4O2. The maximum Gasteiger partial charge on any atom is 0.255 e. The van der Waals surface area contributed by atoms with Gasteiger partial charge in [0.05, 0.1) is 5.56 Å². The Kier molecular flexibility index (Phi) is 5.88. The Hall–Kier alpha value is -1.69. The summed E-state index contributed by atoms with van der Waals surface area (Å²) in [5.74, 6) is 0.636. The number of carbonyl (C=O) groups excluding carboxylic acids is 1. The number of nitrogens with one attached hydrogen (secondary N) is 3. The number of amides is 1. The number of aromatic nitrogens is 2. The van der Waals surface area contributed by atoms with E-state index in [1.54, 1.807) is 6.92 Å². The number of H-pyrrole nitrogens is 1. The molecule has 3 N–H and O–H groups in total. The average molecular weight is 280 g/mol. The largest absolute Gasteiger partial charge is 0.355 e. The molecule has 0 aliphatic carbocycles. The van der Waals surface area contributed by atoms with Gasteiger partial charge in [-0.1, -0.05) is 13.8 Å². The monoisotopic (exact) mass is 280 g/mol. The molecule has 1 atom stereocenters. The Morgan fingerprint density at radius 1 is 1.25 bits per heavy atom. The second-order valence-corrected chi connectivity index (χ2v) is 5.27. The lowest BCUT2D eigenvalue weighted by Crippen LogP contribution is -2.36. The molecule has 0 radical (unpaired) electrons. The summed E-state index contributed by atoms with van der Waals surface area (Å²) >= 11 is 0. The summed E-state index contributed by atoms with van der Waals surface area (Å²) < 4.78 is 0. The molecule has 0 aliphatic rings. The van der Waals surface area contributed by atoms with Gasteiger partial charge in [0, 0.05) is 30.7 Å². The predicted octanol–water partition coefficient (Wildman–Crippen LogP) is 0.810. The number of carbonyl (C=O) groups is 1. The fourth-order valence-corrected chi connectivity index (χ4v) is 2.03. The van der Waals surface area contributed by atoms with Gasteiger partial charge in [-0.25, -0.2) is 4.98 Å². The van der Waals surface area contributed by atoms with Crippen LogP contribution in [-0.2, 0) is 4.79 Å². The first-order valence-corrected chi connectivity index (χ1v) is 6.91. The summed E-state index contributed by atoms with van der Waals surface area (Å²) in [5.41, 5.74) is 1.27. The molecule has 20 heavy (non-hydrogen) atoms. The van der Waals surface area contributed by atoms with Crippen molar-refractivity contribution in [3.8, 4) is 0 Å². The Bertz CT molecular complexity index is 522. The molecule has 0 aromatic carbocycles. The summed E-state index contributed by atoms with van der Waals surface area (Å²) in [6.45, 7) is 10.4. The van der Waals surface area contributed by atoms with Crippen LogP contribution in [0.2, 0.25) is 0 Å². The van der Waals surface area contributed by atoms with E-state index < -0.39 is 0 Å². The molecule has 0 saturated heterocycles. The first-order valence-electron chi connectivity index (χ1n) is 6.91. The molecule has 1 aromatic rings. The number of rotatable bonds is 6. The van der Waals surface area contributed by atoms with Crippen LogP contribution in [0.5, 0.6) is 0 Å². The number of hydrogen-bond acceptors (Lipinski definition) is 4.